The molecule has 0 radical (unpaired) electrons. The van der Waals surface area contributed by atoms with Crippen LogP contribution in [-0.4, -0.2) is 6.04 Å². The zero-order valence-corrected chi connectivity index (χ0v) is 7.43. The first kappa shape index (κ1) is 8.38. The molecule has 0 spiro atoms. The zero-order chi connectivity index (χ0) is 8.10. The van der Waals surface area contributed by atoms with Crippen LogP contribution in [0.25, 0.3) is 0 Å². The smallest absolute Gasteiger partial charge is 0.0444 e. The Balaban J connectivity index is 2.28. The SMILES string of the molecule is CCCC[C@@H]1C=CC=C(C)N1. The molecule has 1 rings (SSSR count). The minimum atomic E-state index is 0.583. The fourth-order valence-electron chi connectivity index (χ4n) is 1.32. The predicted molar refractivity (Wildman–Crippen MR) is 49.3 cm³/mol. The van der Waals surface area contributed by atoms with Crippen LogP contribution in [0.4, 0.5) is 0 Å². The Morgan fingerprint density at radius 3 is 3.00 bits per heavy atom. The van der Waals surface area contributed by atoms with E-state index in [1.165, 1.54) is 25.0 Å². The summed E-state index contributed by atoms with van der Waals surface area (Å²) in [6, 6.07) is 0.583. The van der Waals surface area contributed by atoms with Crippen molar-refractivity contribution in [2.75, 3.05) is 0 Å². The van der Waals surface area contributed by atoms with Crippen LogP contribution < -0.4 is 5.32 Å². The van der Waals surface area contributed by atoms with Gasteiger partial charge in [0.15, 0.2) is 0 Å². The standard InChI is InChI=1S/C10H17N/c1-3-4-7-10-8-5-6-9(2)11-10/h5-6,8,10-11H,3-4,7H2,1-2H3/t10-/m1/s1. The molecule has 62 valence electrons. The molecule has 1 heteroatoms. The van der Waals surface area contributed by atoms with Crippen molar-refractivity contribution in [3.63, 3.8) is 0 Å². The largest absolute Gasteiger partial charge is 0.382 e. The summed E-state index contributed by atoms with van der Waals surface area (Å²) in [6.07, 6.45) is 10.4. The second-order valence-corrected chi connectivity index (χ2v) is 3.13. The van der Waals surface area contributed by atoms with Crippen molar-refractivity contribution in [1.82, 2.24) is 5.32 Å². The molecule has 0 saturated carbocycles. The van der Waals surface area contributed by atoms with E-state index >= 15 is 0 Å². The molecule has 0 aliphatic carbocycles. The molecule has 0 aromatic rings. The monoisotopic (exact) mass is 151 g/mol. The van der Waals surface area contributed by atoms with Crippen LogP contribution in [0.3, 0.4) is 0 Å². The summed E-state index contributed by atoms with van der Waals surface area (Å²) in [5.41, 5.74) is 1.29. The van der Waals surface area contributed by atoms with E-state index in [1.807, 2.05) is 0 Å². The lowest BCUT2D eigenvalue weighted by Gasteiger charge is -2.18. The van der Waals surface area contributed by atoms with E-state index in [9.17, 15) is 0 Å². The highest BCUT2D eigenvalue weighted by molar-refractivity contribution is 5.18. The lowest BCUT2D eigenvalue weighted by Crippen LogP contribution is -2.27. The quantitative estimate of drug-likeness (QED) is 0.653. The van der Waals surface area contributed by atoms with E-state index in [2.05, 4.69) is 37.4 Å². The molecular formula is C10H17N. The van der Waals surface area contributed by atoms with Crippen LogP contribution in [0.1, 0.15) is 33.1 Å². The Labute approximate surface area is 69.2 Å². The summed E-state index contributed by atoms with van der Waals surface area (Å²) in [4.78, 5) is 0. The van der Waals surface area contributed by atoms with Crippen LogP contribution in [-0.2, 0) is 0 Å². The maximum Gasteiger partial charge on any atom is 0.0444 e. The highest BCUT2D eigenvalue weighted by Crippen LogP contribution is 2.07. The molecule has 1 atom stereocenters. The van der Waals surface area contributed by atoms with Gasteiger partial charge in [-0.15, -0.1) is 0 Å². The van der Waals surface area contributed by atoms with Gasteiger partial charge in [0.2, 0.25) is 0 Å². The number of dihydropyridines is 1. The summed E-state index contributed by atoms with van der Waals surface area (Å²) in [7, 11) is 0. The number of rotatable bonds is 3. The summed E-state index contributed by atoms with van der Waals surface area (Å²) in [5.74, 6) is 0. The molecular weight excluding hydrogens is 134 g/mol. The fraction of sp³-hybridized carbons (Fsp3) is 0.600. The van der Waals surface area contributed by atoms with Crippen molar-refractivity contribution < 1.29 is 0 Å². The molecule has 0 fully saturated rings. The third-order valence-corrected chi connectivity index (χ3v) is 1.97. The molecule has 11 heavy (non-hydrogen) atoms. The molecule has 0 amide bonds. The Bertz CT molecular complexity index is 168. The Morgan fingerprint density at radius 1 is 1.55 bits per heavy atom. The van der Waals surface area contributed by atoms with Crippen molar-refractivity contribution >= 4 is 0 Å². The molecule has 0 aromatic heterocycles. The van der Waals surface area contributed by atoms with Crippen molar-refractivity contribution in [2.24, 2.45) is 0 Å². The van der Waals surface area contributed by atoms with E-state index in [0.717, 1.165) is 0 Å². The van der Waals surface area contributed by atoms with E-state index < -0.39 is 0 Å². The topological polar surface area (TPSA) is 12.0 Å². The van der Waals surface area contributed by atoms with E-state index in [1.54, 1.807) is 0 Å². The van der Waals surface area contributed by atoms with Gasteiger partial charge in [-0.2, -0.15) is 0 Å². The Hall–Kier alpha value is -0.720. The predicted octanol–water partition coefficient (Wildman–Crippen LogP) is 2.61. The second kappa shape index (κ2) is 4.22. The Morgan fingerprint density at radius 2 is 2.36 bits per heavy atom. The van der Waals surface area contributed by atoms with Crippen molar-refractivity contribution in [1.29, 1.82) is 0 Å². The van der Waals surface area contributed by atoms with Gasteiger partial charge in [-0.05, 0) is 19.4 Å². The van der Waals surface area contributed by atoms with Gasteiger partial charge in [-0.25, -0.2) is 0 Å². The number of allylic oxidation sites excluding steroid dienone is 3. The third kappa shape index (κ3) is 2.79. The molecule has 1 heterocycles. The van der Waals surface area contributed by atoms with Crippen molar-refractivity contribution in [3.05, 3.63) is 23.9 Å². The van der Waals surface area contributed by atoms with Gasteiger partial charge in [-0.3, -0.25) is 0 Å². The number of hydrogen-bond acceptors (Lipinski definition) is 1. The minimum Gasteiger partial charge on any atom is -0.382 e. The van der Waals surface area contributed by atoms with Gasteiger partial charge in [0.1, 0.15) is 0 Å². The molecule has 1 aliphatic heterocycles. The fourth-order valence-corrected chi connectivity index (χ4v) is 1.32. The summed E-state index contributed by atoms with van der Waals surface area (Å²) < 4.78 is 0. The van der Waals surface area contributed by atoms with E-state index in [0.29, 0.717) is 6.04 Å². The zero-order valence-electron chi connectivity index (χ0n) is 7.43. The van der Waals surface area contributed by atoms with Gasteiger partial charge in [0, 0.05) is 11.7 Å². The van der Waals surface area contributed by atoms with Gasteiger partial charge in [0.05, 0.1) is 0 Å². The van der Waals surface area contributed by atoms with Crippen molar-refractivity contribution in [2.45, 2.75) is 39.2 Å². The highest BCUT2D eigenvalue weighted by atomic mass is 14.9. The normalized spacial score (nSPS) is 22.7. The van der Waals surface area contributed by atoms with E-state index in [-0.39, 0.29) is 0 Å². The molecule has 1 nitrogen and oxygen atoms in total. The van der Waals surface area contributed by atoms with Gasteiger partial charge < -0.3 is 5.32 Å². The second-order valence-electron chi connectivity index (χ2n) is 3.13. The summed E-state index contributed by atoms with van der Waals surface area (Å²) >= 11 is 0. The first-order chi connectivity index (χ1) is 5.33. The van der Waals surface area contributed by atoms with E-state index in [4.69, 9.17) is 0 Å². The van der Waals surface area contributed by atoms with Gasteiger partial charge >= 0.3 is 0 Å². The van der Waals surface area contributed by atoms with Crippen molar-refractivity contribution in [3.8, 4) is 0 Å². The molecule has 0 aromatic carbocycles. The lowest BCUT2D eigenvalue weighted by atomic mass is 10.1. The van der Waals surface area contributed by atoms with Gasteiger partial charge in [0.25, 0.3) is 0 Å². The van der Waals surface area contributed by atoms with Crippen LogP contribution in [0, 0.1) is 0 Å². The molecule has 0 bridgehead atoms. The maximum absolute atomic E-state index is 3.43. The lowest BCUT2D eigenvalue weighted by molar-refractivity contribution is 0.576. The average molecular weight is 151 g/mol. The average Bonchev–Trinajstić information content (AvgIpc) is 2.01. The molecule has 1 aliphatic rings. The number of nitrogens with one attached hydrogen (secondary N) is 1. The third-order valence-electron chi connectivity index (χ3n) is 1.97. The molecule has 1 N–H and O–H groups in total. The van der Waals surface area contributed by atoms with Crippen LogP contribution in [0.15, 0.2) is 23.9 Å². The Kier molecular flexibility index (Phi) is 3.21. The summed E-state index contributed by atoms with van der Waals surface area (Å²) in [5, 5.41) is 3.43. The number of hydrogen-bond donors (Lipinski definition) is 1. The minimum absolute atomic E-state index is 0.583. The van der Waals surface area contributed by atoms with Crippen LogP contribution >= 0.6 is 0 Å². The molecule has 0 unspecified atom stereocenters. The van der Waals surface area contributed by atoms with Crippen LogP contribution in [0.2, 0.25) is 0 Å². The molecule has 0 saturated heterocycles. The first-order valence-electron chi connectivity index (χ1n) is 4.44. The highest BCUT2D eigenvalue weighted by Gasteiger charge is 2.04. The van der Waals surface area contributed by atoms with Crippen LogP contribution in [0.5, 0.6) is 0 Å². The summed E-state index contributed by atoms with van der Waals surface area (Å²) in [6.45, 7) is 4.34. The number of unbranched alkanes of at least 4 members (excludes halogenated alkanes) is 1. The maximum atomic E-state index is 3.43. The van der Waals surface area contributed by atoms with Gasteiger partial charge in [-0.1, -0.05) is 31.9 Å². The first-order valence-corrected chi connectivity index (χ1v) is 4.44.